The maximum atomic E-state index is 9.39. The van der Waals surface area contributed by atoms with Crippen molar-refractivity contribution in [2.45, 2.75) is 6.10 Å². The van der Waals surface area contributed by atoms with Crippen LogP contribution in [0.4, 0.5) is 0 Å². The molecule has 1 aromatic heterocycles. The molecule has 0 aliphatic rings. The summed E-state index contributed by atoms with van der Waals surface area (Å²) in [4.78, 5) is 4.25. The fraction of sp³-hybridized carbons (Fsp3) is 0.0833. The Labute approximate surface area is 82.2 Å². The van der Waals surface area contributed by atoms with Gasteiger partial charge in [-0.25, -0.2) is 4.98 Å². The molecule has 1 heterocycles. The van der Waals surface area contributed by atoms with Crippen molar-refractivity contribution in [2.75, 3.05) is 0 Å². The van der Waals surface area contributed by atoms with Crippen molar-refractivity contribution in [3.63, 3.8) is 0 Å². The quantitative estimate of drug-likeness (QED) is 0.685. The lowest BCUT2D eigenvalue weighted by Crippen LogP contribution is -1.96. The fourth-order valence-corrected chi connectivity index (χ4v) is 1.32. The zero-order valence-corrected chi connectivity index (χ0v) is 7.51. The molecule has 1 unspecified atom stereocenters. The summed E-state index contributed by atoms with van der Waals surface area (Å²) in [6.45, 7) is 0. The first-order valence-electron chi connectivity index (χ1n) is 4.31. The molecule has 2 heteroatoms. The lowest BCUT2D eigenvalue weighted by molar-refractivity contribution is 0.234. The summed E-state index contributed by atoms with van der Waals surface area (Å²) in [6, 6.07) is 11.4. The number of hydrogen-bond acceptors (Lipinski definition) is 2. The molecule has 14 heavy (non-hydrogen) atoms. The third-order valence-electron chi connectivity index (χ3n) is 2.06. The standard InChI is InChI=1S/C12H9NO/c1-2-12(14)11-8-7-9-5-3-4-6-10(9)13-11/h1,3-8,12,14H. The predicted molar refractivity (Wildman–Crippen MR) is 55.5 cm³/mol. The number of pyridine rings is 1. The number of para-hydroxylation sites is 1. The summed E-state index contributed by atoms with van der Waals surface area (Å²) in [7, 11) is 0. The number of terminal acetylenes is 1. The van der Waals surface area contributed by atoms with Gasteiger partial charge in [0.05, 0.1) is 11.2 Å². The van der Waals surface area contributed by atoms with Gasteiger partial charge in [0.25, 0.3) is 0 Å². The van der Waals surface area contributed by atoms with Crippen molar-refractivity contribution in [1.29, 1.82) is 0 Å². The van der Waals surface area contributed by atoms with Crippen LogP contribution in [0.25, 0.3) is 10.9 Å². The van der Waals surface area contributed by atoms with Gasteiger partial charge in [-0.2, -0.15) is 0 Å². The fourth-order valence-electron chi connectivity index (χ4n) is 1.32. The van der Waals surface area contributed by atoms with Crippen LogP contribution in [0.3, 0.4) is 0 Å². The molecule has 0 aliphatic carbocycles. The normalized spacial score (nSPS) is 12.3. The minimum atomic E-state index is -0.917. The first-order chi connectivity index (χ1) is 6.81. The molecule has 0 saturated heterocycles. The van der Waals surface area contributed by atoms with Gasteiger partial charge in [0.15, 0.2) is 6.10 Å². The zero-order chi connectivity index (χ0) is 9.97. The number of aromatic nitrogens is 1. The molecule has 0 aliphatic heterocycles. The third-order valence-corrected chi connectivity index (χ3v) is 2.06. The van der Waals surface area contributed by atoms with Gasteiger partial charge >= 0.3 is 0 Å². The Morgan fingerprint density at radius 1 is 1.21 bits per heavy atom. The monoisotopic (exact) mass is 183 g/mol. The van der Waals surface area contributed by atoms with Crippen LogP contribution in [0.15, 0.2) is 36.4 Å². The summed E-state index contributed by atoms with van der Waals surface area (Å²) < 4.78 is 0. The summed E-state index contributed by atoms with van der Waals surface area (Å²) >= 11 is 0. The first kappa shape index (κ1) is 8.74. The summed E-state index contributed by atoms with van der Waals surface area (Å²) in [5, 5.41) is 10.4. The largest absolute Gasteiger partial charge is 0.374 e. The number of nitrogens with zero attached hydrogens (tertiary/aromatic N) is 1. The van der Waals surface area contributed by atoms with Gasteiger partial charge in [-0.15, -0.1) is 6.42 Å². The summed E-state index contributed by atoms with van der Waals surface area (Å²) in [6.07, 6.45) is 4.19. The van der Waals surface area contributed by atoms with Gasteiger partial charge in [-0.1, -0.05) is 30.2 Å². The van der Waals surface area contributed by atoms with Crippen LogP contribution in [0.1, 0.15) is 11.8 Å². The number of rotatable bonds is 1. The van der Waals surface area contributed by atoms with Crippen LogP contribution < -0.4 is 0 Å². The molecule has 1 atom stereocenters. The third kappa shape index (κ3) is 1.46. The Balaban J connectivity index is 2.58. The van der Waals surface area contributed by atoms with Crippen LogP contribution >= 0.6 is 0 Å². The Morgan fingerprint density at radius 3 is 2.79 bits per heavy atom. The number of aliphatic hydroxyl groups excluding tert-OH is 1. The highest BCUT2D eigenvalue weighted by Crippen LogP contribution is 2.15. The smallest absolute Gasteiger partial charge is 0.156 e. The number of hydrogen-bond donors (Lipinski definition) is 1. The predicted octanol–water partition coefficient (Wildman–Crippen LogP) is 1.90. The van der Waals surface area contributed by atoms with Crippen molar-refractivity contribution in [2.24, 2.45) is 0 Å². The van der Waals surface area contributed by atoms with E-state index in [2.05, 4.69) is 10.9 Å². The van der Waals surface area contributed by atoms with Gasteiger partial charge in [0, 0.05) is 5.39 Å². The number of benzene rings is 1. The zero-order valence-electron chi connectivity index (χ0n) is 7.51. The molecular formula is C12H9NO. The van der Waals surface area contributed by atoms with Crippen LogP contribution in [0.5, 0.6) is 0 Å². The molecule has 0 spiro atoms. The van der Waals surface area contributed by atoms with Gasteiger partial charge in [0.1, 0.15) is 0 Å². The van der Waals surface area contributed by atoms with Crippen molar-refractivity contribution < 1.29 is 5.11 Å². The molecule has 0 amide bonds. The lowest BCUT2D eigenvalue weighted by Gasteiger charge is -2.03. The van der Waals surface area contributed by atoms with E-state index in [-0.39, 0.29) is 0 Å². The molecule has 0 fully saturated rings. The van der Waals surface area contributed by atoms with Crippen LogP contribution in [-0.4, -0.2) is 10.1 Å². The van der Waals surface area contributed by atoms with Gasteiger partial charge < -0.3 is 5.11 Å². The van der Waals surface area contributed by atoms with Crippen molar-refractivity contribution in [3.05, 3.63) is 42.1 Å². The molecule has 0 bridgehead atoms. The molecule has 2 rings (SSSR count). The Kier molecular flexibility index (Phi) is 2.18. The highest BCUT2D eigenvalue weighted by Gasteiger charge is 2.04. The average molecular weight is 183 g/mol. The Hall–Kier alpha value is -1.85. The topological polar surface area (TPSA) is 33.1 Å². The second-order valence-electron chi connectivity index (χ2n) is 3.00. The molecular weight excluding hydrogens is 174 g/mol. The SMILES string of the molecule is C#CC(O)c1ccc2ccccc2n1. The van der Waals surface area contributed by atoms with E-state index in [1.54, 1.807) is 6.07 Å². The molecule has 1 N–H and O–H groups in total. The maximum absolute atomic E-state index is 9.39. The lowest BCUT2D eigenvalue weighted by atomic mass is 10.1. The molecule has 2 aromatic rings. The second kappa shape index (κ2) is 3.49. The molecule has 0 saturated carbocycles. The molecule has 68 valence electrons. The maximum Gasteiger partial charge on any atom is 0.156 e. The van der Waals surface area contributed by atoms with E-state index in [0.717, 1.165) is 10.9 Å². The molecule has 0 radical (unpaired) electrons. The van der Waals surface area contributed by atoms with Crippen LogP contribution in [0, 0.1) is 12.3 Å². The minimum absolute atomic E-state index is 0.520. The van der Waals surface area contributed by atoms with Crippen molar-refractivity contribution in [3.8, 4) is 12.3 Å². The summed E-state index contributed by atoms with van der Waals surface area (Å²) in [5.74, 6) is 2.24. The van der Waals surface area contributed by atoms with E-state index in [1.165, 1.54) is 0 Å². The number of aliphatic hydroxyl groups is 1. The van der Waals surface area contributed by atoms with E-state index in [9.17, 15) is 5.11 Å². The Bertz CT molecular complexity index is 499. The highest BCUT2D eigenvalue weighted by molar-refractivity contribution is 5.78. The average Bonchev–Trinajstić information content (AvgIpc) is 2.27. The van der Waals surface area contributed by atoms with E-state index in [4.69, 9.17) is 6.42 Å². The minimum Gasteiger partial charge on any atom is -0.374 e. The Morgan fingerprint density at radius 2 is 2.00 bits per heavy atom. The van der Waals surface area contributed by atoms with Crippen LogP contribution in [-0.2, 0) is 0 Å². The van der Waals surface area contributed by atoms with Gasteiger partial charge in [-0.05, 0) is 12.1 Å². The van der Waals surface area contributed by atoms with Gasteiger partial charge in [-0.3, -0.25) is 0 Å². The van der Waals surface area contributed by atoms with E-state index in [0.29, 0.717) is 5.69 Å². The molecule has 2 nitrogen and oxygen atoms in total. The van der Waals surface area contributed by atoms with Crippen LogP contribution in [0.2, 0.25) is 0 Å². The molecule has 1 aromatic carbocycles. The van der Waals surface area contributed by atoms with Crippen molar-refractivity contribution in [1.82, 2.24) is 4.98 Å². The first-order valence-corrected chi connectivity index (χ1v) is 4.31. The second-order valence-corrected chi connectivity index (χ2v) is 3.00. The number of fused-ring (bicyclic) bond motifs is 1. The van der Waals surface area contributed by atoms with Gasteiger partial charge in [0.2, 0.25) is 0 Å². The highest BCUT2D eigenvalue weighted by atomic mass is 16.3. The van der Waals surface area contributed by atoms with E-state index < -0.39 is 6.10 Å². The summed E-state index contributed by atoms with van der Waals surface area (Å²) in [5.41, 5.74) is 1.37. The van der Waals surface area contributed by atoms with E-state index >= 15 is 0 Å². The van der Waals surface area contributed by atoms with Crippen molar-refractivity contribution >= 4 is 10.9 Å². The van der Waals surface area contributed by atoms with E-state index in [1.807, 2.05) is 30.3 Å².